The van der Waals surface area contributed by atoms with Crippen LogP contribution in [0, 0.1) is 0 Å². The number of hydrogen-bond donors (Lipinski definition) is 0. The topological polar surface area (TPSA) is 9.23 Å². The molecule has 0 saturated carbocycles. The fraction of sp³-hybridized carbons (Fsp3) is 0.143. The second-order valence-corrected chi connectivity index (χ2v) is 1.96. The van der Waals surface area contributed by atoms with Crippen molar-refractivity contribution in [2.45, 2.75) is 6.61 Å². The van der Waals surface area contributed by atoms with E-state index in [0.717, 1.165) is 0 Å². The van der Waals surface area contributed by atoms with Crippen LogP contribution in [0.2, 0.25) is 0 Å². The van der Waals surface area contributed by atoms with Crippen molar-refractivity contribution in [3.8, 4) is 0 Å². The zero-order valence-corrected chi connectivity index (χ0v) is 6.44. The Labute approximate surface area is 68.6 Å². The van der Waals surface area contributed by atoms with Crippen LogP contribution in [0.1, 0.15) is 0 Å². The third kappa shape index (κ3) is 4.56. The van der Waals surface area contributed by atoms with Crippen LogP contribution < -0.4 is 0 Å². The van der Waals surface area contributed by atoms with Gasteiger partial charge in [0.15, 0.2) is 0 Å². The summed E-state index contributed by atoms with van der Waals surface area (Å²) in [6.45, 7) is 3.59. The van der Waals surface area contributed by atoms with Crippen LogP contribution in [-0.4, -0.2) is 6.61 Å². The molecular formula is C7H7ClF2O. The van der Waals surface area contributed by atoms with E-state index in [-0.39, 0.29) is 10.8 Å². The van der Waals surface area contributed by atoms with Crippen molar-refractivity contribution in [1.29, 1.82) is 0 Å². The van der Waals surface area contributed by atoms with E-state index < -0.39 is 6.61 Å². The van der Waals surface area contributed by atoms with E-state index in [1.54, 1.807) is 0 Å². The SMILES string of the molecule is C=C/C=C(/Cl)C(=C)OC(F)F. The number of alkyl halides is 2. The molecule has 0 N–H and O–H groups in total. The highest BCUT2D eigenvalue weighted by Crippen LogP contribution is 2.16. The van der Waals surface area contributed by atoms with Crippen molar-refractivity contribution >= 4 is 11.6 Å². The first-order chi connectivity index (χ1) is 5.07. The van der Waals surface area contributed by atoms with E-state index in [9.17, 15) is 8.78 Å². The average Bonchev–Trinajstić information content (AvgIpc) is 1.86. The Morgan fingerprint density at radius 3 is 2.45 bits per heavy atom. The first kappa shape index (κ1) is 10.2. The maximum Gasteiger partial charge on any atom is 0.387 e. The van der Waals surface area contributed by atoms with Crippen LogP contribution in [0.3, 0.4) is 0 Å². The molecule has 0 aliphatic carbocycles. The van der Waals surface area contributed by atoms with Gasteiger partial charge in [-0.05, 0) is 6.08 Å². The molecule has 0 bridgehead atoms. The molecule has 0 rings (SSSR count). The van der Waals surface area contributed by atoms with Crippen LogP contribution in [0.4, 0.5) is 8.78 Å². The zero-order valence-electron chi connectivity index (χ0n) is 5.69. The summed E-state index contributed by atoms with van der Waals surface area (Å²) in [5, 5.41) is 0.0142. The van der Waals surface area contributed by atoms with Gasteiger partial charge in [-0.3, -0.25) is 0 Å². The molecule has 11 heavy (non-hydrogen) atoms. The summed E-state index contributed by atoms with van der Waals surface area (Å²) in [6.07, 6.45) is 2.66. The zero-order chi connectivity index (χ0) is 8.85. The van der Waals surface area contributed by atoms with E-state index >= 15 is 0 Å². The van der Waals surface area contributed by atoms with Crippen molar-refractivity contribution in [1.82, 2.24) is 0 Å². The predicted molar refractivity (Wildman–Crippen MR) is 40.4 cm³/mol. The minimum Gasteiger partial charge on any atom is -0.434 e. The molecule has 0 atom stereocenters. The van der Waals surface area contributed by atoms with Crippen LogP contribution in [-0.2, 0) is 4.74 Å². The van der Waals surface area contributed by atoms with Gasteiger partial charge >= 0.3 is 6.61 Å². The Morgan fingerprint density at radius 2 is 2.09 bits per heavy atom. The molecule has 0 aromatic carbocycles. The van der Waals surface area contributed by atoms with Gasteiger partial charge in [0.2, 0.25) is 0 Å². The van der Waals surface area contributed by atoms with E-state index in [2.05, 4.69) is 17.9 Å². The van der Waals surface area contributed by atoms with Gasteiger partial charge in [0.05, 0.1) is 5.03 Å². The standard InChI is InChI=1S/C7H7ClF2O/c1-3-4-6(8)5(2)11-7(9)10/h3-4,7H,1-2H2/b6-4+. The van der Waals surface area contributed by atoms with Gasteiger partial charge < -0.3 is 4.74 Å². The van der Waals surface area contributed by atoms with Gasteiger partial charge in [-0.2, -0.15) is 8.78 Å². The molecule has 0 aromatic heterocycles. The van der Waals surface area contributed by atoms with Crippen molar-refractivity contribution in [2.24, 2.45) is 0 Å². The summed E-state index contributed by atoms with van der Waals surface area (Å²) < 4.78 is 26.9. The number of halogens is 3. The Bertz CT molecular complexity index is 187. The quantitative estimate of drug-likeness (QED) is 0.477. The first-order valence-electron chi connectivity index (χ1n) is 2.70. The molecular weight excluding hydrogens is 174 g/mol. The van der Waals surface area contributed by atoms with Crippen molar-refractivity contribution < 1.29 is 13.5 Å². The Morgan fingerprint density at radius 1 is 1.55 bits per heavy atom. The minimum atomic E-state index is -2.89. The normalized spacial score (nSPS) is 11.5. The predicted octanol–water partition coefficient (Wildman–Crippen LogP) is 3.05. The molecule has 0 unspecified atom stereocenters. The lowest BCUT2D eigenvalue weighted by molar-refractivity contribution is -0.0920. The Balaban J connectivity index is 4.03. The molecule has 0 heterocycles. The van der Waals surface area contributed by atoms with Gasteiger partial charge in [0.25, 0.3) is 0 Å². The van der Waals surface area contributed by atoms with Crippen LogP contribution >= 0.6 is 11.6 Å². The molecule has 1 nitrogen and oxygen atoms in total. The molecule has 0 amide bonds. The van der Waals surface area contributed by atoms with E-state index in [1.807, 2.05) is 0 Å². The third-order valence-electron chi connectivity index (χ3n) is 0.762. The maximum absolute atomic E-state index is 11.5. The highest BCUT2D eigenvalue weighted by Gasteiger charge is 2.06. The van der Waals surface area contributed by atoms with Crippen molar-refractivity contribution in [3.05, 3.63) is 36.1 Å². The third-order valence-corrected chi connectivity index (χ3v) is 1.10. The number of hydrogen-bond acceptors (Lipinski definition) is 1. The minimum absolute atomic E-state index is 0.0142. The number of rotatable bonds is 4. The average molecular weight is 181 g/mol. The molecule has 0 aromatic rings. The van der Waals surface area contributed by atoms with E-state index in [4.69, 9.17) is 11.6 Å². The lowest BCUT2D eigenvalue weighted by Gasteiger charge is -2.04. The molecule has 62 valence electrons. The fourth-order valence-electron chi connectivity index (χ4n) is 0.360. The Hall–Kier alpha value is -0.830. The lowest BCUT2D eigenvalue weighted by Crippen LogP contribution is -1.97. The summed E-state index contributed by atoms with van der Waals surface area (Å²) in [7, 11) is 0. The molecule has 0 aliphatic rings. The highest BCUT2D eigenvalue weighted by molar-refractivity contribution is 6.31. The van der Waals surface area contributed by atoms with Crippen LogP contribution in [0.5, 0.6) is 0 Å². The first-order valence-corrected chi connectivity index (χ1v) is 3.08. The molecule has 0 saturated heterocycles. The smallest absolute Gasteiger partial charge is 0.387 e. The highest BCUT2D eigenvalue weighted by atomic mass is 35.5. The monoisotopic (exact) mass is 180 g/mol. The van der Waals surface area contributed by atoms with Gasteiger partial charge in [-0.15, -0.1) is 0 Å². The summed E-state index contributed by atoms with van der Waals surface area (Å²) in [4.78, 5) is 0. The molecule has 0 radical (unpaired) electrons. The molecule has 0 aliphatic heterocycles. The Kier molecular flexibility index (Phi) is 4.54. The largest absolute Gasteiger partial charge is 0.434 e. The van der Waals surface area contributed by atoms with E-state index in [0.29, 0.717) is 0 Å². The summed E-state index contributed by atoms with van der Waals surface area (Å²) in [6, 6.07) is 0. The number of allylic oxidation sites excluding steroid dienone is 3. The lowest BCUT2D eigenvalue weighted by atomic mass is 10.4. The van der Waals surface area contributed by atoms with Gasteiger partial charge in [-0.1, -0.05) is 30.8 Å². The second-order valence-electron chi connectivity index (χ2n) is 1.55. The fourth-order valence-corrected chi connectivity index (χ4v) is 0.494. The summed E-state index contributed by atoms with van der Waals surface area (Å²) in [5.41, 5.74) is 0. The second kappa shape index (κ2) is 4.91. The molecule has 4 heteroatoms. The van der Waals surface area contributed by atoms with Gasteiger partial charge in [0.1, 0.15) is 5.76 Å². The number of ether oxygens (including phenoxy) is 1. The van der Waals surface area contributed by atoms with Crippen molar-refractivity contribution in [2.75, 3.05) is 0 Å². The van der Waals surface area contributed by atoms with Gasteiger partial charge in [-0.25, -0.2) is 0 Å². The van der Waals surface area contributed by atoms with Crippen molar-refractivity contribution in [3.63, 3.8) is 0 Å². The molecule has 0 fully saturated rings. The van der Waals surface area contributed by atoms with Gasteiger partial charge in [0, 0.05) is 0 Å². The molecule has 0 spiro atoms. The maximum atomic E-state index is 11.5. The van der Waals surface area contributed by atoms with Crippen LogP contribution in [0.15, 0.2) is 36.1 Å². The van der Waals surface area contributed by atoms with Crippen LogP contribution in [0.25, 0.3) is 0 Å². The summed E-state index contributed by atoms with van der Waals surface area (Å²) >= 11 is 5.41. The van der Waals surface area contributed by atoms with E-state index in [1.165, 1.54) is 12.2 Å². The summed E-state index contributed by atoms with van der Waals surface area (Å²) in [5.74, 6) is -0.262.